The molecule has 1 heterocycles. The molecule has 0 aromatic heterocycles. The molecule has 4 atom stereocenters. The minimum absolute atomic E-state index is 0.0129. The van der Waals surface area contributed by atoms with E-state index in [4.69, 9.17) is 4.74 Å². The minimum atomic E-state index is 0.0129. The fraction of sp³-hybridized carbons (Fsp3) is 0.929. The third kappa shape index (κ3) is 2.22. The molecule has 3 heteroatoms. The van der Waals surface area contributed by atoms with Gasteiger partial charge in [0.1, 0.15) is 0 Å². The molecule has 1 aliphatic carbocycles. The van der Waals surface area contributed by atoms with Crippen molar-refractivity contribution in [3.8, 4) is 0 Å². The van der Waals surface area contributed by atoms with E-state index in [2.05, 4.69) is 19.2 Å². The van der Waals surface area contributed by atoms with Crippen LogP contribution in [0.4, 0.5) is 0 Å². The summed E-state index contributed by atoms with van der Waals surface area (Å²) >= 11 is 0. The van der Waals surface area contributed by atoms with Crippen molar-refractivity contribution in [2.75, 3.05) is 19.7 Å². The number of carbonyl (C=O) groups excluding carboxylic acids is 1. The van der Waals surface area contributed by atoms with Crippen molar-refractivity contribution in [3.63, 3.8) is 0 Å². The number of carbonyl (C=O) groups is 1. The summed E-state index contributed by atoms with van der Waals surface area (Å²) in [6.45, 7) is 8.82. The van der Waals surface area contributed by atoms with Crippen LogP contribution in [0.15, 0.2) is 0 Å². The zero-order valence-electron chi connectivity index (χ0n) is 11.3. The fourth-order valence-electron chi connectivity index (χ4n) is 3.83. The van der Waals surface area contributed by atoms with E-state index in [1.165, 1.54) is 19.3 Å². The van der Waals surface area contributed by atoms with Gasteiger partial charge in [-0.15, -0.1) is 0 Å². The molecule has 0 amide bonds. The average molecular weight is 239 g/mol. The van der Waals surface area contributed by atoms with Gasteiger partial charge in [-0.25, -0.2) is 0 Å². The van der Waals surface area contributed by atoms with Crippen LogP contribution >= 0.6 is 0 Å². The first-order valence-electron chi connectivity index (χ1n) is 6.97. The van der Waals surface area contributed by atoms with Crippen LogP contribution in [0.25, 0.3) is 0 Å². The number of hydrogen-bond acceptors (Lipinski definition) is 3. The Morgan fingerprint density at radius 3 is 2.88 bits per heavy atom. The molecule has 2 fully saturated rings. The van der Waals surface area contributed by atoms with Crippen LogP contribution in [0.2, 0.25) is 0 Å². The zero-order chi connectivity index (χ0) is 12.5. The highest BCUT2D eigenvalue weighted by Gasteiger charge is 2.52. The molecule has 98 valence electrons. The number of hydrogen-bond donors (Lipinski definition) is 1. The molecular weight excluding hydrogens is 214 g/mol. The SMILES string of the molecule is CCOC(=O)C1CNCC12CCC(C)CC2C. The summed E-state index contributed by atoms with van der Waals surface area (Å²) in [4.78, 5) is 12.1. The lowest BCUT2D eigenvalue weighted by Gasteiger charge is -2.44. The van der Waals surface area contributed by atoms with Gasteiger partial charge < -0.3 is 10.1 Å². The standard InChI is InChI=1S/C14H25NO2/c1-4-17-13(16)12-8-15-9-14(12)6-5-10(2)7-11(14)3/h10-12,15H,4-9H2,1-3H3. The van der Waals surface area contributed by atoms with Crippen LogP contribution in [-0.2, 0) is 9.53 Å². The summed E-state index contributed by atoms with van der Waals surface area (Å²) in [7, 11) is 0. The van der Waals surface area contributed by atoms with Crippen molar-refractivity contribution in [1.29, 1.82) is 0 Å². The van der Waals surface area contributed by atoms with Gasteiger partial charge in [0.15, 0.2) is 0 Å². The largest absolute Gasteiger partial charge is 0.466 e. The second-order valence-corrected chi connectivity index (χ2v) is 5.95. The maximum Gasteiger partial charge on any atom is 0.310 e. The van der Waals surface area contributed by atoms with Gasteiger partial charge in [-0.2, -0.15) is 0 Å². The molecule has 1 N–H and O–H groups in total. The molecule has 3 nitrogen and oxygen atoms in total. The molecule has 0 radical (unpaired) electrons. The summed E-state index contributed by atoms with van der Waals surface area (Å²) in [5.41, 5.74) is 0.165. The highest BCUT2D eigenvalue weighted by Crippen LogP contribution is 2.50. The van der Waals surface area contributed by atoms with Crippen molar-refractivity contribution >= 4 is 5.97 Å². The van der Waals surface area contributed by atoms with Gasteiger partial charge in [-0.05, 0) is 37.0 Å². The predicted molar refractivity (Wildman–Crippen MR) is 67.6 cm³/mol. The molecule has 0 aromatic rings. The summed E-state index contributed by atoms with van der Waals surface area (Å²) in [6, 6.07) is 0. The lowest BCUT2D eigenvalue weighted by atomic mass is 9.60. The van der Waals surface area contributed by atoms with Crippen molar-refractivity contribution in [3.05, 3.63) is 0 Å². The quantitative estimate of drug-likeness (QED) is 0.751. The molecule has 1 saturated heterocycles. The zero-order valence-corrected chi connectivity index (χ0v) is 11.3. The molecule has 0 bridgehead atoms. The van der Waals surface area contributed by atoms with E-state index in [1.807, 2.05) is 6.92 Å². The number of rotatable bonds is 2. The highest BCUT2D eigenvalue weighted by molar-refractivity contribution is 5.74. The van der Waals surface area contributed by atoms with Gasteiger partial charge in [-0.3, -0.25) is 4.79 Å². The Bertz CT molecular complexity index is 292. The second-order valence-electron chi connectivity index (χ2n) is 5.95. The molecule has 1 saturated carbocycles. The maximum absolute atomic E-state index is 12.1. The summed E-state index contributed by atoms with van der Waals surface area (Å²) in [5, 5.41) is 3.42. The number of ether oxygens (including phenoxy) is 1. The van der Waals surface area contributed by atoms with Crippen LogP contribution in [0, 0.1) is 23.2 Å². The number of nitrogens with one attached hydrogen (secondary N) is 1. The Balaban J connectivity index is 2.14. The molecule has 17 heavy (non-hydrogen) atoms. The summed E-state index contributed by atoms with van der Waals surface area (Å²) in [6.07, 6.45) is 3.67. The Morgan fingerprint density at radius 2 is 2.24 bits per heavy atom. The molecule has 4 unspecified atom stereocenters. The van der Waals surface area contributed by atoms with Crippen LogP contribution in [-0.4, -0.2) is 25.7 Å². The number of esters is 1. The van der Waals surface area contributed by atoms with Gasteiger partial charge >= 0.3 is 5.97 Å². The maximum atomic E-state index is 12.1. The summed E-state index contributed by atoms with van der Waals surface area (Å²) < 4.78 is 5.25. The first-order chi connectivity index (χ1) is 8.10. The van der Waals surface area contributed by atoms with Crippen molar-refractivity contribution in [1.82, 2.24) is 5.32 Å². The van der Waals surface area contributed by atoms with Crippen molar-refractivity contribution < 1.29 is 9.53 Å². The Hall–Kier alpha value is -0.570. The van der Waals surface area contributed by atoms with E-state index in [-0.39, 0.29) is 17.3 Å². The van der Waals surface area contributed by atoms with E-state index in [9.17, 15) is 4.79 Å². The van der Waals surface area contributed by atoms with Crippen LogP contribution in [0.1, 0.15) is 40.0 Å². The van der Waals surface area contributed by atoms with E-state index in [0.29, 0.717) is 12.5 Å². The predicted octanol–water partition coefficient (Wildman–Crippen LogP) is 2.21. The van der Waals surface area contributed by atoms with Crippen molar-refractivity contribution in [2.24, 2.45) is 23.2 Å². The normalized spacial score (nSPS) is 41.7. The van der Waals surface area contributed by atoms with Gasteiger partial charge in [0.25, 0.3) is 0 Å². The molecule has 1 spiro atoms. The molecule has 2 rings (SSSR count). The van der Waals surface area contributed by atoms with E-state index < -0.39 is 0 Å². The third-order valence-electron chi connectivity index (χ3n) is 4.91. The Labute approximate surface area is 104 Å². The van der Waals surface area contributed by atoms with E-state index in [0.717, 1.165) is 19.0 Å². The van der Waals surface area contributed by atoms with Gasteiger partial charge in [0, 0.05) is 13.1 Å². The van der Waals surface area contributed by atoms with Crippen molar-refractivity contribution in [2.45, 2.75) is 40.0 Å². The monoisotopic (exact) mass is 239 g/mol. The lowest BCUT2D eigenvalue weighted by molar-refractivity contribution is -0.153. The Morgan fingerprint density at radius 1 is 1.47 bits per heavy atom. The third-order valence-corrected chi connectivity index (χ3v) is 4.91. The first-order valence-corrected chi connectivity index (χ1v) is 6.97. The van der Waals surface area contributed by atoms with Gasteiger partial charge in [0.2, 0.25) is 0 Å². The average Bonchev–Trinajstić information content (AvgIpc) is 2.70. The molecule has 1 aliphatic heterocycles. The van der Waals surface area contributed by atoms with Crippen LogP contribution in [0.3, 0.4) is 0 Å². The van der Waals surface area contributed by atoms with Crippen LogP contribution < -0.4 is 5.32 Å². The van der Waals surface area contributed by atoms with E-state index in [1.54, 1.807) is 0 Å². The van der Waals surface area contributed by atoms with Crippen LogP contribution in [0.5, 0.6) is 0 Å². The lowest BCUT2D eigenvalue weighted by Crippen LogP contribution is -2.44. The second kappa shape index (κ2) is 4.97. The van der Waals surface area contributed by atoms with Gasteiger partial charge in [-0.1, -0.05) is 20.3 Å². The first kappa shape index (κ1) is 12.9. The Kier molecular flexibility index (Phi) is 3.76. The molecular formula is C14H25NO2. The topological polar surface area (TPSA) is 38.3 Å². The molecule has 2 aliphatic rings. The fourth-order valence-corrected chi connectivity index (χ4v) is 3.83. The summed E-state index contributed by atoms with van der Waals surface area (Å²) in [5.74, 6) is 1.51. The van der Waals surface area contributed by atoms with Gasteiger partial charge in [0.05, 0.1) is 12.5 Å². The minimum Gasteiger partial charge on any atom is -0.466 e. The smallest absolute Gasteiger partial charge is 0.310 e. The molecule has 0 aromatic carbocycles. The van der Waals surface area contributed by atoms with E-state index >= 15 is 0 Å². The highest BCUT2D eigenvalue weighted by atomic mass is 16.5.